The summed E-state index contributed by atoms with van der Waals surface area (Å²) in [5.74, 6) is 1.30. The molecule has 1 heterocycles. The third-order valence-electron chi connectivity index (χ3n) is 3.99. The zero-order valence-corrected chi connectivity index (χ0v) is 12.2. The molecular formula is C17H24N2. The summed E-state index contributed by atoms with van der Waals surface area (Å²) in [6.45, 7) is 6.92. The van der Waals surface area contributed by atoms with Gasteiger partial charge in [-0.2, -0.15) is 0 Å². The molecule has 19 heavy (non-hydrogen) atoms. The Morgan fingerprint density at radius 3 is 2.42 bits per heavy atom. The van der Waals surface area contributed by atoms with Gasteiger partial charge in [0.15, 0.2) is 0 Å². The topological polar surface area (TPSA) is 17.8 Å². The lowest BCUT2D eigenvalue weighted by atomic mass is 9.82. The lowest BCUT2D eigenvalue weighted by Gasteiger charge is -2.30. The Morgan fingerprint density at radius 1 is 1.16 bits per heavy atom. The molecule has 0 N–H and O–H groups in total. The van der Waals surface area contributed by atoms with Gasteiger partial charge in [-0.15, -0.1) is 0 Å². The monoisotopic (exact) mass is 256 g/mol. The van der Waals surface area contributed by atoms with Crippen molar-refractivity contribution in [1.29, 1.82) is 0 Å². The van der Waals surface area contributed by atoms with Crippen LogP contribution < -0.4 is 0 Å². The van der Waals surface area contributed by atoms with Crippen LogP contribution >= 0.6 is 0 Å². The maximum Gasteiger partial charge on any atom is 0.0948 e. The molecule has 0 spiro atoms. The largest absolute Gasteiger partial charge is 0.334 e. The second kappa shape index (κ2) is 6.55. The number of benzene rings is 1. The molecule has 0 aliphatic carbocycles. The Hall–Kier alpha value is -1.57. The van der Waals surface area contributed by atoms with Crippen LogP contribution in [0.3, 0.4) is 0 Å². The van der Waals surface area contributed by atoms with Crippen LogP contribution in [0, 0.1) is 11.8 Å². The summed E-state index contributed by atoms with van der Waals surface area (Å²) in [5, 5.41) is 0. The van der Waals surface area contributed by atoms with Crippen LogP contribution in [0.4, 0.5) is 0 Å². The Kier molecular flexibility index (Phi) is 4.78. The van der Waals surface area contributed by atoms with Crippen molar-refractivity contribution in [3.63, 3.8) is 0 Å². The van der Waals surface area contributed by atoms with Crippen LogP contribution in [0.25, 0.3) is 0 Å². The van der Waals surface area contributed by atoms with E-state index in [1.54, 1.807) is 0 Å². The van der Waals surface area contributed by atoms with Crippen LogP contribution in [-0.4, -0.2) is 9.55 Å². The molecule has 2 aromatic rings. The fourth-order valence-corrected chi connectivity index (χ4v) is 2.90. The van der Waals surface area contributed by atoms with E-state index >= 15 is 0 Å². The maximum absolute atomic E-state index is 4.20. The number of hydrogen-bond donors (Lipinski definition) is 0. The molecule has 0 amide bonds. The molecule has 2 nitrogen and oxygen atoms in total. The SMILES string of the molecule is CCC(C(Cc1ccccc1)C(C)C)n1ccnc1. The molecule has 2 heteroatoms. The lowest BCUT2D eigenvalue weighted by Crippen LogP contribution is -2.24. The van der Waals surface area contributed by atoms with Gasteiger partial charge in [0, 0.05) is 18.4 Å². The van der Waals surface area contributed by atoms with E-state index in [0.717, 1.165) is 12.8 Å². The number of nitrogens with zero attached hydrogens (tertiary/aromatic N) is 2. The van der Waals surface area contributed by atoms with Crippen molar-refractivity contribution < 1.29 is 0 Å². The highest BCUT2D eigenvalue weighted by molar-refractivity contribution is 5.15. The normalized spacial score (nSPS) is 14.5. The number of hydrogen-bond acceptors (Lipinski definition) is 1. The Morgan fingerprint density at radius 2 is 1.89 bits per heavy atom. The fourth-order valence-electron chi connectivity index (χ4n) is 2.90. The molecular weight excluding hydrogens is 232 g/mol. The molecule has 2 rings (SSSR count). The van der Waals surface area contributed by atoms with Gasteiger partial charge in [0.25, 0.3) is 0 Å². The van der Waals surface area contributed by atoms with E-state index < -0.39 is 0 Å². The molecule has 102 valence electrons. The Balaban J connectivity index is 2.19. The molecule has 0 saturated heterocycles. The molecule has 2 atom stereocenters. The molecule has 0 bridgehead atoms. The van der Waals surface area contributed by atoms with E-state index in [4.69, 9.17) is 0 Å². The molecule has 0 saturated carbocycles. The number of rotatable bonds is 6. The summed E-state index contributed by atoms with van der Waals surface area (Å²) in [4.78, 5) is 4.20. The summed E-state index contributed by atoms with van der Waals surface area (Å²) in [6, 6.07) is 11.3. The van der Waals surface area contributed by atoms with Gasteiger partial charge in [-0.05, 0) is 30.2 Å². The van der Waals surface area contributed by atoms with Crippen LogP contribution in [0.2, 0.25) is 0 Å². The van der Waals surface area contributed by atoms with Crippen molar-refractivity contribution >= 4 is 0 Å². The summed E-state index contributed by atoms with van der Waals surface area (Å²) >= 11 is 0. The van der Waals surface area contributed by atoms with Crippen molar-refractivity contribution in [3.8, 4) is 0 Å². The van der Waals surface area contributed by atoms with Crippen molar-refractivity contribution in [2.75, 3.05) is 0 Å². The summed E-state index contributed by atoms with van der Waals surface area (Å²) in [5.41, 5.74) is 1.43. The van der Waals surface area contributed by atoms with Gasteiger partial charge in [-0.25, -0.2) is 4.98 Å². The van der Waals surface area contributed by atoms with E-state index in [0.29, 0.717) is 17.9 Å². The Labute approximate surface area is 116 Å². The third-order valence-corrected chi connectivity index (χ3v) is 3.99. The molecule has 0 radical (unpaired) electrons. The number of aromatic nitrogens is 2. The average molecular weight is 256 g/mol. The first-order chi connectivity index (χ1) is 9.22. The van der Waals surface area contributed by atoms with Gasteiger partial charge in [0.05, 0.1) is 6.33 Å². The molecule has 0 fully saturated rings. The number of imidazole rings is 1. The van der Waals surface area contributed by atoms with Gasteiger partial charge in [-0.1, -0.05) is 51.1 Å². The lowest BCUT2D eigenvalue weighted by molar-refractivity contribution is 0.245. The van der Waals surface area contributed by atoms with E-state index in [2.05, 4.69) is 66.9 Å². The van der Waals surface area contributed by atoms with Crippen LogP contribution in [-0.2, 0) is 6.42 Å². The zero-order valence-electron chi connectivity index (χ0n) is 12.2. The van der Waals surface area contributed by atoms with Gasteiger partial charge < -0.3 is 4.57 Å². The van der Waals surface area contributed by atoms with Gasteiger partial charge in [-0.3, -0.25) is 0 Å². The van der Waals surface area contributed by atoms with Crippen molar-refractivity contribution in [2.45, 2.75) is 39.7 Å². The average Bonchev–Trinajstić information content (AvgIpc) is 2.93. The highest BCUT2D eigenvalue weighted by Gasteiger charge is 2.24. The fraction of sp³-hybridized carbons (Fsp3) is 0.471. The molecule has 0 aliphatic heterocycles. The quantitative estimate of drug-likeness (QED) is 0.751. The first kappa shape index (κ1) is 13.9. The van der Waals surface area contributed by atoms with Crippen molar-refractivity contribution in [2.24, 2.45) is 11.8 Å². The Bertz CT molecular complexity index is 459. The standard InChI is InChI=1S/C17H24N2/c1-4-17(19-11-10-18-13-19)16(14(2)3)12-15-8-6-5-7-9-15/h5-11,13-14,16-17H,4,12H2,1-3H3. The zero-order chi connectivity index (χ0) is 13.7. The predicted octanol–water partition coefficient (Wildman–Crippen LogP) is 4.35. The van der Waals surface area contributed by atoms with Crippen LogP contribution in [0.1, 0.15) is 38.8 Å². The van der Waals surface area contributed by atoms with E-state index in [9.17, 15) is 0 Å². The second-order valence-electron chi connectivity index (χ2n) is 5.58. The minimum atomic E-state index is 0.530. The molecule has 1 aromatic carbocycles. The third kappa shape index (κ3) is 3.46. The van der Waals surface area contributed by atoms with Gasteiger partial charge in [0.2, 0.25) is 0 Å². The maximum atomic E-state index is 4.20. The van der Waals surface area contributed by atoms with Crippen molar-refractivity contribution in [1.82, 2.24) is 9.55 Å². The van der Waals surface area contributed by atoms with Crippen LogP contribution in [0.5, 0.6) is 0 Å². The van der Waals surface area contributed by atoms with Crippen molar-refractivity contribution in [3.05, 3.63) is 54.6 Å². The van der Waals surface area contributed by atoms with E-state index in [1.807, 2.05) is 12.5 Å². The smallest absolute Gasteiger partial charge is 0.0948 e. The molecule has 2 unspecified atom stereocenters. The highest BCUT2D eigenvalue weighted by atomic mass is 15.1. The first-order valence-electron chi connectivity index (χ1n) is 7.23. The minimum Gasteiger partial charge on any atom is -0.334 e. The molecule has 1 aromatic heterocycles. The first-order valence-corrected chi connectivity index (χ1v) is 7.23. The van der Waals surface area contributed by atoms with Crippen LogP contribution in [0.15, 0.2) is 49.1 Å². The van der Waals surface area contributed by atoms with Gasteiger partial charge in [0.1, 0.15) is 0 Å². The van der Waals surface area contributed by atoms with E-state index in [1.165, 1.54) is 5.56 Å². The highest BCUT2D eigenvalue weighted by Crippen LogP contribution is 2.31. The minimum absolute atomic E-state index is 0.530. The summed E-state index contributed by atoms with van der Waals surface area (Å²) in [6.07, 6.45) is 8.20. The second-order valence-corrected chi connectivity index (χ2v) is 5.58. The summed E-state index contributed by atoms with van der Waals surface area (Å²) in [7, 11) is 0. The van der Waals surface area contributed by atoms with E-state index in [-0.39, 0.29) is 0 Å². The molecule has 0 aliphatic rings. The predicted molar refractivity (Wildman–Crippen MR) is 80.0 cm³/mol. The van der Waals surface area contributed by atoms with Gasteiger partial charge >= 0.3 is 0 Å². The summed E-state index contributed by atoms with van der Waals surface area (Å²) < 4.78 is 2.27.